The minimum atomic E-state index is -4.55. The number of nitrogens with one attached hydrogen (secondary N) is 1. The summed E-state index contributed by atoms with van der Waals surface area (Å²) in [5.41, 5.74) is 0.963. The van der Waals surface area contributed by atoms with Crippen molar-refractivity contribution in [3.8, 4) is 0 Å². The summed E-state index contributed by atoms with van der Waals surface area (Å²) in [6.45, 7) is -0.695. The predicted molar refractivity (Wildman–Crippen MR) is 62.1 cm³/mol. The van der Waals surface area contributed by atoms with Crippen LogP contribution in [0, 0.1) is 0 Å². The third kappa shape index (κ3) is 4.39. The topological polar surface area (TPSA) is 56.8 Å². The van der Waals surface area contributed by atoms with Crippen LogP contribution < -0.4 is 5.32 Å². The van der Waals surface area contributed by atoms with E-state index < -0.39 is 25.2 Å². The summed E-state index contributed by atoms with van der Waals surface area (Å²) in [4.78, 5) is 11.2. The first-order valence-electron chi connectivity index (χ1n) is 5.78. The maximum Gasteiger partial charge on any atom is 0.422 e. The minimum absolute atomic E-state index is 0.300. The van der Waals surface area contributed by atoms with E-state index in [0.29, 0.717) is 24.5 Å². The maximum absolute atomic E-state index is 11.9. The standard InChI is InChI=1S/C12H12F3NO4/c13-12(14,15)7-20-11(17)16-9-3-1-2-8(6-9)10-18-4-5-19-10/h1-3,6,10H,4-5,7H2,(H,16,17). The van der Waals surface area contributed by atoms with E-state index in [2.05, 4.69) is 10.1 Å². The van der Waals surface area contributed by atoms with Crippen LogP contribution in [0.25, 0.3) is 0 Å². The Morgan fingerprint density at radius 3 is 2.70 bits per heavy atom. The Morgan fingerprint density at radius 2 is 2.05 bits per heavy atom. The highest BCUT2D eigenvalue weighted by Crippen LogP contribution is 2.25. The number of halogens is 3. The van der Waals surface area contributed by atoms with Gasteiger partial charge >= 0.3 is 12.3 Å². The average Bonchev–Trinajstić information content (AvgIpc) is 2.90. The second-order valence-electron chi connectivity index (χ2n) is 4.02. The van der Waals surface area contributed by atoms with Gasteiger partial charge < -0.3 is 14.2 Å². The summed E-state index contributed by atoms with van der Waals surface area (Å²) < 4.78 is 50.2. The third-order valence-electron chi connectivity index (χ3n) is 2.39. The van der Waals surface area contributed by atoms with Crippen molar-refractivity contribution in [3.63, 3.8) is 0 Å². The van der Waals surface area contributed by atoms with Crippen molar-refractivity contribution in [1.29, 1.82) is 0 Å². The van der Waals surface area contributed by atoms with E-state index in [9.17, 15) is 18.0 Å². The molecule has 0 bridgehead atoms. The maximum atomic E-state index is 11.9. The van der Waals surface area contributed by atoms with Crippen LogP contribution in [0.5, 0.6) is 0 Å². The van der Waals surface area contributed by atoms with Gasteiger partial charge in [0.05, 0.1) is 13.2 Å². The van der Waals surface area contributed by atoms with E-state index >= 15 is 0 Å². The lowest BCUT2D eigenvalue weighted by molar-refractivity contribution is -0.159. The number of alkyl halides is 3. The summed E-state index contributed by atoms with van der Waals surface area (Å²) in [5, 5.41) is 2.21. The fourth-order valence-corrected chi connectivity index (χ4v) is 1.62. The van der Waals surface area contributed by atoms with Gasteiger partial charge in [0.15, 0.2) is 12.9 Å². The lowest BCUT2D eigenvalue weighted by atomic mass is 10.2. The van der Waals surface area contributed by atoms with Gasteiger partial charge in [-0.3, -0.25) is 5.32 Å². The summed E-state index contributed by atoms with van der Waals surface area (Å²) in [6.07, 6.45) is -6.25. The monoisotopic (exact) mass is 291 g/mol. The second-order valence-corrected chi connectivity index (χ2v) is 4.02. The minimum Gasteiger partial charge on any atom is -0.440 e. The van der Waals surface area contributed by atoms with Crippen molar-refractivity contribution < 1.29 is 32.2 Å². The van der Waals surface area contributed by atoms with Crippen molar-refractivity contribution in [2.75, 3.05) is 25.1 Å². The summed E-state index contributed by atoms with van der Waals surface area (Å²) in [5.74, 6) is 0. The Hall–Kier alpha value is -1.80. The number of rotatable bonds is 3. The zero-order valence-corrected chi connectivity index (χ0v) is 10.3. The molecule has 1 aliphatic rings. The molecule has 1 amide bonds. The highest BCUT2D eigenvalue weighted by atomic mass is 19.4. The van der Waals surface area contributed by atoms with Gasteiger partial charge in [-0.25, -0.2) is 4.79 Å². The number of anilines is 1. The SMILES string of the molecule is O=C(Nc1cccc(C2OCCO2)c1)OCC(F)(F)F. The Labute approximate surface area is 112 Å². The van der Waals surface area contributed by atoms with Crippen LogP contribution in [-0.2, 0) is 14.2 Å². The molecular formula is C12H12F3NO4. The van der Waals surface area contributed by atoms with Gasteiger partial charge in [-0.2, -0.15) is 13.2 Å². The lowest BCUT2D eigenvalue weighted by Gasteiger charge is -2.12. The molecule has 5 nitrogen and oxygen atoms in total. The largest absolute Gasteiger partial charge is 0.440 e. The Bertz CT molecular complexity index is 472. The molecule has 8 heteroatoms. The normalized spacial score (nSPS) is 16.1. The Balaban J connectivity index is 1.92. The van der Waals surface area contributed by atoms with Gasteiger partial charge in [-0.15, -0.1) is 0 Å². The van der Waals surface area contributed by atoms with Crippen molar-refractivity contribution in [1.82, 2.24) is 0 Å². The van der Waals surface area contributed by atoms with Crippen LogP contribution in [0.4, 0.5) is 23.7 Å². The molecule has 0 spiro atoms. The summed E-state index contributed by atoms with van der Waals surface area (Å²) in [7, 11) is 0. The van der Waals surface area contributed by atoms with Crippen molar-refractivity contribution in [2.45, 2.75) is 12.5 Å². The van der Waals surface area contributed by atoms with Crippen molar-refractivity contribution in [3.05, 3.63) is 29.8 Å². The van der Waals surface area contributed by atoms with Gasteiger partial charge in [0, 0.05) is 11.3 Å². The van der Waals surface area contributed by atoms with Gasteiger partial charge in [-0.1, -0.05) is 12.1 Å². The fourth-order valence-electron chi connectivity index (χ4n) is 1.62. The fraction of sp³-hybridized carbons (Fsp3) is 0.417. The van der Waals surface area contributed by atoms with E-state index in [0.717, 1.165) is 0 Å². The van der Waals surface area contributed by atoms with E-state index in [1.165, 1.54) is 6.07 Å². The molecule has 0 unspecified atom stereocenters. The molecule has 1 heterocycles. The van der Waals surface area contributed by atoms with Gasteiger partial charge in [-0.05, 0) is 12.1 Å². The van der Waals surface area contributed by atoms with Gasteiger partial charge in [0.1, 0.15) is 0 Å². The molecule has 1 aromatic carbocycles. The molecule has 0 radical (unpaired) electrons. The first-order chi connectivity index (χ1) is 9.44. The molecule has 1 fully saturated rings. The average molecular weight is 291 g/mol. The molecule has 1 N–H and O–H groups in total. The molecule has 0 aromatic heterocycles. The molecule has 110 valence electrons. The number of amides is 1. The molecule has 20 heavy (non-hydrogen) atoms. The van der Waals surface area contributed by atoms with Crippen molar-refractivity contribution in [2.24, 2.45) is 0 Å². The number of ether oxygens (including phenoxy) is 3. The molecular weight excluding hydrogens is 279 g/mol. The first kappa shape index (κ1) is 14.6. The van der Waals surface area contributed by atoms with E-state index in [-0.39, 0.29) is 0 Å². The van der Waals surface area contributed by atoms with Crippen LogP contribution >= 0.6 is 0 Å². The molecule has 0 atom stereocenters. The Kier molecular flexibility index (Phi) is 4.46. The van der Waals surface area contributed by atoms with Crippen LogP contribution in [0.1, 0.15) is 11.9 Å². The van der Waals surface area contributed by atoms with Crippen LogP contribution in [0.3, 0.4) is 0 Å². The zero-order valence-electron chi connectivity index (χ0n) is 10.3. The molecule has 0 saturated carbocycles. The number of carbonyl (C=O) groups excluding carboxylic acids is 1. The first-order valence-corrected chi connectivity index (χ1v) is 5.78. The van der Waals surface area contributed by atoms with Crippen molar-refractivity contribution >= 4 is 11.8 Å². The lowest BCUT2D eigenvalue weighted by Crippen LogP contribution is -2.23. The molecule has 1 aliphatic heterocycles. The van der Waals surface area contributed by atoms with Crippen LogP contribution in [-0.4, -0.2) is 32.1 Å². The molecule has 2 rings (SSSR count). The molecule has 1 saturated heterocycles. The van der Waals surface area contributed by atoms with E-state index in [1.54, 1.807) is 18.2 Å². The highest BCUT2D eigenvalue weighted by Gasteiger charge is 2.29. The second kappa shape index (κ2) is 6.10. The number of carbonyl (C=O) groups is 1. The third-order valence-corrected chi connectivity index (χ3v) is 2.39. The highest BCUT2D eigenvalue weighted by molar-refractivity contribution is 5.84. The number of hydrogen-bond donors (Lipinski definition) is 1. The quantitative estimate of drug-likeness (QED) is 0.930. The van der Waals surface area contributed by atoms with Crippen LogP contribution in [0.2, 0.25) is 0 Å². The molecule has 1 aromatic rings. The smallest absolute Gasteiger partial charge is 0.422 e. The summed E-state index contributed by atoms with van der Waals surface area (Å²) >= 11 is 0. The van der Waals surface area contributed by atoms with E-state index in [4.69, 9.17) is 9.47 Å². The van der Waals surface area contributed by atoms with Crippen LogP contribution in [0.15, 0.2) is 24.3 Å². The molecule has 0 aliphatic carbocycles. The van der Waals surface area contributed by atoms with E-state index in [1.807, 2.05) is 0 Å². The number of benzene rings is 1. The van der Waals surface area contributed by atoms with Gasteiger partial charge in [0.2, 0.25) is 0 Å². The van der Waals surface area contributed by atoms with Gasteiger partial charge in [0.25, 0.3) is 0 Å². The summed E-state index contributed by atoms with van der Waals surface area (Å²) in [6, 6.07) is 6.42. The zero-order chi connectivity index (χ0) is 14.6. The number of hydrogen-bond acceptors (Lipinski definition) is 4. The predicted octanol–water partition coefficient (Wildman–Crippen LogP) is 2.84. The Morgan fingerprint density at radius 1 is 1.35 bits per heavy atom.